The van der Waals surface area contributed by atoms with Crippen molar-refractivity contribution in [3.63, 3.8) is 0 Å². The first kappa shape index (κ1) is 32.7. The van der Waals surface area contributed by atoms with E-state index in [9.17, 15) is 0 Å². The van der Waals surface area contributed by atoms with Gasteiger partial charge >= 0.3 is 0 Å². The fraction of sp³-hybridized carbons (Fsp3) is 0.0196. The maximum Gasteiger partial charge on any atom is 0.213 e. The second-order valence-corrected chi connectivity index (χ2v) is 14.7. The van der Waals surface area contributed by atoms with Gasteiger partial charge in [0, 0.05) is 43.5 Å². The van der Waals surface area contributed by atoms with Gasteiger partial charge in [0.2, 0.25) is 5.71 Å². The van der Waals surface area contributed by atoms with Gasteiger partial charge < -0.3 is 9.32 Å². The van der Waals surface area contributed by atoms with Crippen molar-refractivity contribution < 1.29 is 4.42 Å². The van der Waals surface area contributed by atoms with Crippen molar-refractivity contribution >= 4 is 82.7 Å². The lowest BCUT2D eigenvalue weighted by Crippen LogP contribution is -2.10. The molecule has 55 heavy (non-hydrogen) atoms. The lowest BCUT2D eigenvalue weighted by atomic mass is 9.97. The zero-order valence-electron chi connectivity index (χ0n) is 30.3. The van der Waals surface area contributed by atoms with Crippen molar-refractivity contribution in [3.05, 3.63) is 194 Å². The van der Waals surface area contributed by atoms with Crippen LogP contribution < -0.4 is 4.90 Å². The van der Waals surface area contributed by atoms with E-state index in [4.69, 9.17) is 4.42 Å². The molecule has 0 saturated carbocycles. The third-order valence-corrected chi connectivity index (χ3v) is 11.7. The highest BCUT2D eigenvalue weighted by Crippen LogP contribution is 2.47. The van der Waals surface area contributed by atoms with Gasteiger partial charge in [0.1, 0.15) is 5.76 Å². The molecule has 0 N–H and O–H groups in total. The van der Waals surface area contributed by atoms with Gasteiger partial charge in [-0.25, -0.2) is 0 Å². The van der Waals surface area contributed by atoms with Gasteiger partial charge in [-0.15, -0.1) is 11.3 Å². The summed E-state index contributed by atoms with van der Waals surface area (Å²) in [6.07, 6.45) is 6.02. The number of furan rings is 1. The van der Waals surface area contributed by atoms with E-state index in [1.54, 1.807) is 0 Å². The molecule has 3 aromatic heterocycles. The van der Waals surface area contributed by atoms with Crippen LogP contribution in [0.2, 0.25) is 0 Å². The monoisotopic (exact) mass is 724 g/mol. The molecule has 0 aliphatic heterocycles. The van der Waals surface area contributed by atoms with E-state index in [1.165, 1.54) is 31.3 Å². The normalized spacial score (nSPS) is 11.7. The second kappa shape index (κ2) is 13.5. The van der Waals surface area contributed by atoms with Crippen molar-refractivity contribution in [2.75, 3.05) is 4.90 Å². The molecule has 0 aliphatic carbocycles. The van der Waals surface area contributed by atoms with Crippen molar-refractivity contribution in [1.29, 1.82) is 0 Å². The molecule has 0 atom stereocenters. The number of benzene rings is 7. The van der Waals surface area contributed by atoms with E-state index in [1.807, 2.05) is 30.4 Å². The molecule has 10 aromatic rings. The third-order valence-electron chi connectivity index (χ3n) is 10.5. The van der Waals surface area contributed by atoms with Crippen molar-refractivity contribution in [2.45, 2.75) is 6.92 Å². The Morgan fingerprint density at radius 1 is 0.618 bits per heavy atom. The van der Waals surface area contributed by atoms with Gasteiger partial charge in [0.25, 0.3) is 0 Å². The summed E-state index contributed by atoms with van der Waals surface area (Å²) in [6.45, 7) is 6.16. The number of anilines is 3. The third kappa shape index (κ3) is 5.41. The van der Waals surface area contributed by atoms with Crippen LogP contribution in [-0.4, -0.2) is 4.57 Å². The van der Waals surface area contributed by atoms with Crippen LogP contribution in [0.1, 0.15) is 18.2 Å². The van der Waals surface area contributed by atoms with Gasteiger partial charge in [0.15, 0.2) is 0 Å². The van der Waals surface area contributed by atoms with Crippen LogP contribution in [0.3, 0.4) is 0 Å². The fourth-order valence-electron chi connectivity index (χ4n) is 8.09. The maximum atomic E-state index is 6.63. The Hall–Kier alpha value is -6.88. The van der Waals surface area contributed by atoms with Crippen LogP contribution in [0, 0.1) is 0 Å². The van der Waals surface area contributed by atoms with Crippen LogP contribution >= 0.6 is 11.3 Å². The van der Waals surface area contributed by atoms with E-state index < -0.39 is 0 Å². The first-order valence-corrected chi connectivity index (χ1v) is 19.4. The summed E-state index contributed by atoms with van der Waals surface area (Å²) in [7, 11) is 0. The molecule has 0 radical (unpaired) electrons. The average molecular weight is 725 g/mol. The van der Waals surface area contributed by atoms with Gasteiger partial charge in [-0.05, 0) is 89.9 Å². The first-order valence-electron chi connectivity index (χ1n) is 18.6. The topological polar surface area (TPSA) is 21.3 Å². The Morgan fingerprint density at radius 2 is 1.31 bits per heavy atom. The van der Waals surface area contributed by atoms with Crippen LogP contribution in [0.25, 0.3) is 82.3 Å². The molecule has 0 amide bonds. The van der Waals surface area contributed by atoms with Crippen molar-refractivity contribution in [2.24, 2.45) is 0 Å². The predicted octanol–water partition coefficient (Wildman–Crippen LogP) is 15.2. The Balaban J connectivity index is 1.21. The minimum absolute atomic E-state index is 0.764. The van der Waals surface area contributed by atoms with E-state index in [0.29, 0.717) is 0 Å². The Morgan fingerprint density at radius 3 is 2.11 bits per heavy atom. The highest BCUT2D eigenvalue weighted by atomic mass is 32.1. The minimum atomic E-state index is 0.764. The number of hydrogen-bond donors (Lipinski definition) is 0. The van der Waals surface area contributed by atoms with Crippen LogP contribution in [0.15, 0.2) is 187 Å². The zero-order valence-corrected chi connectivity index (χ0v) is 31.1. The lowest BCUT2D eigenvalue weighted by molar-refractivity contribution is 0.584. The Labute approximate surface area is 324 Å². The number of hydrogen-bond acceptors (Lipinski definition) is 3. The zero-order chi connectivity index (χ0) is 36.9. The Bertz CT molecular complexity index is 3050. The number of fused-ring (bicyclic) bond motifs is 6. The van der Waals surface area contributed by atoms with Crippen molar-refractivity contribution in [3.8, 4) is 27.9 Å². The molecule has 3 nitrogen and oxygen atoms in total. The maximum absolute atomic E-state index is 6.63. The number of rotatable bonds is 8. The minimum Gasteiger partial charge on any atom is -0.439 e. The standard InChI is InChI=1S/C51H36N2OS/c1-3-16-43-46(4-2)54-51-49(43)48-40(24-14-26-44(48)53(51)37-20-9-6-10-21-37)36-19-13-22-39(33-36)52(38-31-29-35(30-32-38)34-17-7-5-8-18-34)45-27-15-25-42-41-23-11-12-28-47(41)55-50(42)45/h3-33H,2H2,1H3/b16-3-. The number of aromatic nitrogens is 1. The molecule has 4 heteroatoms. The summed E-state index contributed by atoms with van der Waals surface area (Å²) < 4.78 is 11.4. The quantitative estimate of drug-likeness (QED) is 0.156. The molecular weight excluding hydrogens is 689 g/mol. The fourth-order valence-corrected chi connectivity index (χ4v) is 9.29. The molecule has 0 spiro atoms. The van der Waals surface area contributed by atoms with Gasteiger partial charge in [-0.2, -0.15) is 0 Å². The van der Waals surface area contributed by atoms with Gasteiger partial charge in [-0.3, -0.25) is 4.57 Å². The highest BCUT2D eigenvalue weighted by Gasteiger charge is 2.24. The molecule has 0 fully saturated rings. The summed E-state index contributed by atoms with van der Waals surface area (Å²) in [5.41, 5.74) is 12.0. The number of nitrogens with zero attached hydrogens (tertiary/aromatic N) is 2. The van der Waals surface area contributed by atoms with Crippen LogP contribution in [0.5, 0.6) is 0 Å². The van der Waals surface area contributed by atoms with E-state index >= 15 is 0 Å². The summed E-state index contributed by atoms with van der Waals surface area (Å²) >= 11 is 1.85. The Kier molecular flexibility index (Phi) is 8.05. The molecule has 0 unspecified atom stereocenters. The molecule has 0 saturated heterocycles. The van der Waals surface area contributed by atoms with Crippen LogP contribution in [-0.2, 0) is 0 Å². The largest absolute Gasteiger partial charge is 0.439 e. The van der Waals surface area contributed by atoms with E-state index in [2.05, 4.69) is 192 Å². The van der Waals surface area contributed by atoms with Crippen LogP contribution in [0.4, 0.5) is 17.1 Å². The van der Waals surface area contributed by atoms with Crippen molar-refractivity contribution in [1.82, 2.24) is 4.57 Å². The summed E-state index contributed by atoms with van der Waals surface area (Å²) in [4.78, 5) is 2.42. The molecule has 7 aromatic carbocycles. The van der Waals surface area contributed by atoms with E-state index in [0.717, 1.165) is 67.2 Å². The molecule has 0 aliphatic rings. The first-order chi connectivity index (χ1) is 27.2. The van der Waals surface area contributed by atoms with Gasteiger partial charge in [-0.1, -0.05) is 134 Å². The predicted molar refractivity (Wildman–Crippen MR) is 236 cm³/mol. The summed E-state index contributed by atoms with van der Waals surface area (Å²) in [5.74, 6) is 0.764. The molecular formula is C51H36N2OS. The smallest absolute Gasteiger partial charge is 0.213 e. The van der Waals surface area contributed by atoms with E-state index in [-0.39, 0.29) is 0 Å². The summed E-state index contributed by atoms with van der Waals surface area (Å²) in [5, 5.41) is 4.78. The molecule has 10 rings (SSSR count). The second-order valence-electron chi connectivity index (χ2n) is 13.7. The number of allylic oxidation sites excluding steroid dienone is 1. The number of thiophene rings is 1. The number of para-hydroxylation sites is 1. The lowest BCUT2D eigenvalue weighted by Gasteiger charge is -2.27. The summed E-state index contributed by atoms with van der Waals surface area (Å²) in [6, 6.07) is 61.0. The molecule has 262 valence electrons. The van der Waals surface area contributed by atoms with Gasteiger partial charge in [0.05, 0.1) is 21.3 Å². The molecule has 0 bridgehead atoms. The highest BCUT2D eigenvalue weighted by molar-refractivity contribution is 7.26. The molecule has 3 heterocycles. The average Bonchev–Trinajstić information content (AvgIpc) is 3.91. The SMILES string of the molecule is C=Cc1oc2c(c1/C=C\C)c1c(-c3cccc(N(c4ccc(-c5ccccc5)cc4)c4cccc5c4sc4ccccc45)c3)cccc1n2-c1ccccc1.